The molecule has 0 bridgehead atoms. The van der Waals surface area contributed by atoms with Crippen molar-refractivity contribution in [3.8, 4) is 11.8 Å². The van der Waals surface area contributed by atoms with Gasteiger partial charge < -0.3 is 15.5 Å². The highest BCUT2D eigenvalue weighted by molar-refractivity contribution is 6.08. The molecule has 210 valence electrons. The van der Waals surface area contributed by atoms with Gasteiger partial charge >= 0.3 is 0 Å². The van der Waals surface area contributed by atoms with Gasteiger partial charge in [-0.05, 0) is 87.1 Å². The van der Waals surface area contributed by atoms with Gasteiger partial charge in [-0.25, -0.2) is 9.97 Å². The molecule has 3 aliphatic rings. The smallest absolute Gasteiger partial charge is 0.231 e. The van der Waals surface area contributed by atoms with E-state index in [4.69, 9.17) is 10.1 Å². The molecule has 1 amide bonds. The van der Waals surface area contributed by atoms with Crippen LogP contribution in [0.4, 0.5) is 5.82 Å². The van der Waals surface area contributed by atoms with Crippen molar-refractivity contribution in [3.05, 3.63) is 53.6 Å². The molecule has 0 atom stereocenters. The number of nitrogens with one attached hydrogen (secondary N) is 2. The van der Waals surface area contributed by atoms with Crippen molar-refractivity contribution in [2.45, 2.75) is 82.6 Å². The Kier molecular flexibility index (Phi) is 9.10. The van der Waals surface area contributed by atoms with Crippen LogP contribution in [0.3, 0.4) is 0 Å². The maximum Gasteiger partial charge on any atom is 0.231 e. The van der Waals surface area contributed by atoms with E-state index in [9.17, 15) is 10.1 Å². The molecule has 5 rings (SSSR count). The summed E-state index contributed by atoms with van der Waals surface area (Å²) in [6.45, 7) is 0.655. The van der Waals surface area contributed by atoms with Crippen LogP contribution in [0.5, 0.6) is 5.75 Å². The number of aromatic nitrogens is 2. The lowest BCUT2D eigenvalue weighted by molar-refractivity contribution is -0.123. The number of amides is 1. The predicted molar refractivity (Wildman–Crippen MR) is 156 cm³/mol. The summed E-state index contributed by atoms with van der Waals surface area (Å²) < 4.78 is 5.26. The van der Waals surface area contributed by atoms with Crippen LogP contribution < -0.4 is 15.0 Å². The van der Waals surface area contributed by atoms with Gasteiger partial charge in [0.25, 0.3) is 0 Å². The summed E-state index contributed by atoms with van der Waals surface area (Å²) in [5.74, 6) is 2.12. The number of carbonyl (C=O) groups excluding carboxylic acids is 1. The van der Waals surface area contributed by atoms with Crippen LogP contribution in [-0.4, -0.2) is 41.8 Å². The monoisotopic (exact) mass is 540 g/mol. The van der Waals surface area contributed by atoms with Crippen molar-refractivity contribution >= 4 is 23.5 Å². The molecule has 0 radical (unpaired) electrons. The van der Waals surface area contributed by atoms with Gasteiger partial charge in [0, 0.05) is 54.3 Å². The fourth-order valence-electron chi connectivity index (χ4n) is 6.11. The molecule has 2 heterocycles. The average Bonchev–Trinajstić information content (AvgIpc) is 3.85. The molecule has 2 N–H and O–H groups in total. The van der Waals surface area contributed by atoms with Crippen molar-refractivity contribution in [3.63, 3.8) is 0 Å². The lowest BCUT2D eigenvalue weighted by Crippen LogP contribution is -2.41. The molecule has 0 unspecified atom stereocenters. The zero-order valence-electron chi connectivity index (χ0n) is 23.4. The van der Waals surface area contributed by atoms with Crippen LogP contribution in [0.1, 0.15) is 93.5 Å². The molecular formula is C32H40N6O2. The van der Waals surface area contributed by atoms with Gasteiger partial charge in [0.15, 0.2) is 11.4 Å². The van der Waals surface area contributed by atoms with E-state index in [1.54, 1.807) is 13.3 Å². The number of rotatable bonds is 10. The summed E-state index contributed by atoms with van der Waals surface area (Å²) in [5, 5.41) is 20.8. The normalized spacial score (nSPS) is 21.8. The number of nitriles is 1. The highest BCUT2D eigenvalue weighted by Gasteiger charge is 2.32. The highest BCUT2D eigenvalue weighted by atomic mass is 16.5. The second-order valence-electron chi connectivity index (χ2n) is 11.5. The molecule has 0 aliphatic heterocycles. The van der Waals surface area contributed by atoms with Crippen molar-refractivity contribution in [2.75, 3.05) is 18.6 Å². The Morgan fingerprint density at radius 3 is 2.58 bits per heavy atom. The van der Waals surface area contributed by atoms with E-state index in [1.807, 2.05) is 35.4 Å². The van der Waals surface area contributed by atoms with Crippen molar-refractivity contribution in [1.82, 2.24) is 15.3 Å². The maximum atomic E-state index is 13.9. The molecule has 0 spiro atoms. The minimum Gasteiger partial charge on any atom is -0.494 e. The topological polar surface area (TPSA) is 115 Å². The maximum absolute atomic E-state index is 13.9. The van der Waals surface area contributed by atoms with Gasteiger partial charge in [0.2, 0.25) is 5.91 Å². The quantitative estimate of drug-likeness (QED) is 0.358. The van der Waals surface area contributed by atoms with Gasteiger partial charge in [-0.2, -0.15) is 5.26 Å². The molecule has 8 nitrogen and oxygen atoms in total. The van der Waals surface area contributed by atoms with Gasteiger partial charge in [-0.3, -0.25) is 9.69 Å². The third-order valence-electron chi connectivity index (χ3n) is 8.69. The predicted octanol–water partition coefficient (Wildman–Crippen LogP) is 5.99. The Bertz CT molecular complexity index is 1270. The third-order valence-corrected chi connectivity index (χ3v) is 8.69. The van der Waals surface area contributed by atoms with E-state index in [1.165, 1.54) is 25.5 Å². The summed E-state index contributed by atoms with van der Waals surface area (Å²) in [7, 11) is 1.56. The van der Waals surface area contributed by atoms with Crippen LogP contribution in [0.15, 0.2) is 36.7 Å². The number of carbonyl (C=O) groups is 1. The van der Waals surface area contributed by atoms with Crippen molar-refractivity contribution < 1.29 is 9.53 Å². The number of hydrogen-bond acceptors (Lipinski definition) is 7. The number of allylic oxidation sites excluding steroid dienone is 1. The number of pyridine rings is 2. The van der Waals surface area contributed by atoms with Gasteiger partial charge in [-0.15, -0.1) is 0 Å². The van der Waals surface area contributed by atoms with Crippen molar-refractivity contribution in [2.24, 2.45) is 11.8 Å². The summed E-state index contributed by atoms with van der Waals surface area (Å²) >= 11 is 0. The standard InChI is InChI=1S/C32H40N6O2/c1-40-30-14-13-28(37-29(30)19-34)23-9-7-22(8-10-23)21-38(32(39)24-5-3-2-4-6-24)31-17-25(15-16-35-31)26(18-33)20-36-27-11-12-27/h13-18,20,22-24,27,33,36H,2-12,21H2,1H3/b26-20+,33-18?. The molecule has 2 aromatic heterocycles. The van der Waals surface area contributed by atoms with Crippen LogP contribution in [0, 0.1) is 28.6 Å². The Labute approximate surface area is 237 Å². The minimum atomic E-state index is 0.0535. The van der Waals surface area contributed by atoms with E-state index in [0.717, 1.165) is 68.2 Å². The highest BCUT2D eigenvalue weighted by Crippen LogP contribution is 2.37. The molecule has 0 aromatic carbocycles. The molecule has 3 fully saturated rings. The van der Waals surface area contributed by atoms with Crippen LogP contribution in [0.2, 0.25) is 0 Å². The lowest BCUT2D eigenvalue weighted by atomic mass is 9.79. The first-order chi connectivity index (χ1) is 19.6. The Balaban J connectivity index is 1.32. The zero-order chi connectivity index (χ0) is 27.9. The molecular weight excluding hydrogens is 500 g/mol. The summed E-state index contributed by atoms with van der Waals surface area (Å²) in [4.78, 5) is 25.1. The molecule has 2 aromatic rings. The third kappa shape index (κ3) is 6.70. The number of ether oxygens (including phenoxy) is 1. The van der Waals surface area contributed by atoms with Crippen LogP contribution >= 0.6 is 0 Å². The lowest BCUT2D eigenvalue weighted by Gasteiger charge is -2.34. The minimum absolute atomic E-state index is 0.0535. The fraction of sp³-hybridized carbons (Fsp3) is 0.531. The first kappa shape index (κ1) is 27.8. The second kappa shape index (κ2) is 13.1. The van der Waals surface area contributed by atoms with E-state index >= 15 is 0 Å². The number of hydrogen-bond donors (Lipinski definition) is 2. The molecule has 3 saturated carbocycles. The number of nitrogens with zero attached hydrogens (tertiary/aromatic N) is 4. The SMILES string of the molecule is COc1ccc(C2CCC(CN(C(=O)C3CCCCC3)c3cc(/C(C=N)=C/NC4CC4)ccn3)CC2)nc1C#N. The van der Waals surface area contributed by atoms with Crippen LogP contribution in [0.25, 0.3) is 5.57 Å². The molecule has 0 saturated heterocycles. The first-order valence-electron chi connectivity index (χ1n) is 14.8. The van der Waals surface area contributed by atoms with E-state index in [2.05, 4.69) is 21.4 Å². The molecule has 40 heavy (non-hydrogen) atoms. The summed E-state index contributed by atoms with van der Waals surface area (Å²) in [5.41, 5.74) is 2.98. The fourth-order valence-corrected chi connectivity index (χ4v) is 6.11. The zero-order valence-corrected chi connectivity index (χ0v) is 23.4. The number of anilines is 1. The summed E-state index contributed by atoms with van der Waals surface area (Å²) in [6.07, 6.45) is 16.6. The molecule has 8 heteroatoms. The summed E-state index contributed by atoms with van der Waals surface area (Å²) in [6, 6.07) is 10.4. The van der Waals surface area contributed by atoms with Crippen LogP contribution in [-0.2, 0) is 4.79 Å². The molecule has 3 aliphatic carbocycles. The Hall–Kier alpha value is -3.73. The van der Waals surface area contributed by atoms with E-state index < -0.39 is 0 Å². The van der Waals surface area contributed by atoms with Gasteiger partial charge in [0.1, 0.15) is 11.9 Å². The van der Waals surface area contributed by atoms with E-state index in [0.29, 0.717) is 41.7 Å². The van der Waals surface area contributed by atoms with Gasteiger partial charge in [-0.1, -0.05) is 19.3 Å². The second-order valence-corrected chi connectivity index (χ2v) is 11.5. The van der Waals surface area contributed by atoms with E-state index in [-0.39, 0.29) is 11.8 Å². The first-order valence-corrected chi connectivity index (χ1v) is 14.8. The Morgan fingerprint density at radius 2 is 1.90 bits per heavy atom. The van der Waals surface area contributed by atoms with Gasteiger partial charge in [0.05, 0.1) is 7.11 Å². The Morgan fingerprint density at radius 1 is 1.12 bits per heavy atom. The van der Waals surface area contributed by atoms with Crippen molar-refractivity contribution in [1.29, 1.82) is 10.7 Å². The average molecular weight is 541 g/mol. The largest absolute Gasteiger partial charge is 0.494 e. The number of methoxy groups -OCH3 is 1.